The van der Waals surface area contributed by atoms with Crippen molar-refractivity contribution in [2.45, 2.75) is 13.3 Å². The van der Waals surface area contributed by atoms with Crippen LogP contribution in [0.3, 0.4) is 0 Å². The van der Waals surface area contributed by atoms with E-state index in [1.807, 2.05) is 12.0 Å². The molecule has 0 aliphatic rings. The Morgan fingerprint density at radius 2 is 2.29 bits per heavy atom. The number of likely N-dealkylation sites (N-methyl/N-ethyl adjacent to an activating group) is 1. The number of hydroxylamine groups is 2. The Bertz CT molecular complexity index is 493. The Balaban J connectivity index is 2.13. The molecule has 92 valence electrons. The van der Waals surface area contributed by atoms with Gasteiger partial charge in [-0.05, 0) is 0 Å². The molecule has 0 unspecified atom stereocenters. The normalized spacial score (nSPS) is 11.5. The van der Waals surface area contributed by atoms with Crippen molar-refractivity contribution in [1.29, 1.82) is 0 Å². The number of hydrogen-bond donors (Lipinski definition) is 2. The van der Waals surface area contributed by atoms with E-state index in [0.717, 1.165) is 13.1 Å². The molecule has 0 atom stereocenters. The molecule has 0 aliphatic heterocycles. The molecule has 0 bridgehead atoms. The maximum absolute atomic E-state index is 5.81. The van der Waals surface area contributed by atoms with Crippen LogP contribution in [0.2, 0.25) is 0 Å². The standard InChI is InChI=1S/C10H16N6O/c1-3-16(17-2)5-4-7-14-9(11)8-10(15-7)13-6-12-8/h6H,3-5H2,1-2H3,(H3,11,12,13,14,15). The lowest BCUT2D eigenvalue weighted by atomic mass is 10.3. The summed E-state index contributed by atoms with van der Waals surface area (Å²) in [5.41, 5.74) is 7.10. The maximum atomic E-state index is 5.81. The zero-order chi connectivity index (χ0) is 12.3. The molecule has 0 amide bonds. The van der Waals surface area contributed by atoms with Crippen LogP contribution in [-0.2, 0) is 11.3 Å². The molecule has 3 N–H and O–H groups in total. The van der Waals surface area contributed by atoms with E-state index in [2.05, 4.69) is 19.9 Å². The average molecular weight is 236 g/mol. The lowest BCUT2D eigenvalue weighted by molar-refractivity contribution is -0.126. The topological polar surface area (TPSA) is 93.0 Å². The van der Waals surface area contributed by atoms with Crippen molar-refractivity contribution >= 4 is 17.0 Å². The number of nitrogens with one attached hydrogen (secondary N) is 1. The van der Waals surface area contributed by atoms with Gasteiger partial charge in [0.15, 0.2) is 11.5 Å². The zero-order valence-corrected chi connectivity index (χ0v) is 9.97. The van der Waals surface area contributed by atoms with E-state index < -0.39 is 0 Å². The van der Waals surface area contributed by atoms with Gasteiger partial charge in [0, 0.05) is 19.5 Å². The molecule has 0 aromatic carbocycles. The molecule has 2 heterocycles. The van der Waals surface area contributed by atoms with E-state index in [1.165, 1.54) is 0 Å². The Morgan fingerprint density at radius 1 is 1.47 bits per heavy atom. The van der Waals surface area contributed by atoms with E-state index in [9.17, 15) is 0 Å². The van der Waals surface area contributed by atoms with Gasteiger partial charge < -0.3 is 15.6 Å². The lowest BCUT2D eigenvalue weighted by Crippen LogP contribution is -2.25. The first-order valence-electron chi connectivity index (χ1n) is 5.49. The van der Waals surface area contributed by atoms with Crippen molar-refractivity contribution in [3.63, 3.8) is 0 Å². The van der Waals surface area contributed by atoms with Crippen LogP contribution in [0.25, 0.3) is 11.2 Å². The third-order valence-corrected chi connectivity index (χ3v) is 2.56. The number of anilines is 1. The number of rotatable bonds is 5. The number of nitrogen functional groups attached to an aromatic ring is 1. The van der Waals surface area contributed by atoms with Crippen LogP contribution in [0.1, 0.15) is 12.7 Å². The van der Waals surface area contributed by atoms with Crippen LogP contribution >= 0.6 is 0 Å². The number of hydrogen-bond acceptors (Lipinski definition) is 6. The average Bonchev–Trinajstić information content (AvgIpc) is 2.79. The first-order chi connectivity index (χ1) is 8.24. The molecular formula is C10H16N6O. The highest BCUT2D eigenvalue weighted by Gasteiger charge is 2.08. The maximum Gasteiger partial charge on any atom is 0.183 e. The Labute approximate surface area is 99.0 Å². The summed E-state index contributed by atoms with van der Waals surface area (Å²) in [6.45, 7) is 3.56. The van der Waals surface area contributed by atoms with Gasteiger partial charge >= 0.3 is 0 Å². The molecular weight excluding hydrogens is 220 g/mol. The van der Waals surface area contributed by atoms with Crippen LogP contribution in [0.15, 0.2) is 6.33 Å². The van der Waals surface area contributed by atoms with Crippen molar-refractivity contribution < 1.29 is 4.84 Å². The fourth-order valence-electron chi connectivity index (χ4n) is 1.62. The minimum Gasteiger partial charge on any atom is -0.382 e. The second-order valence-electron chi connectivity index (χ2n) is 3.58. The number of fused-ring (bicyclic) bond motifs is 1. The van der Waals surface area contributed by atoms with Crippen LogP contribution < -0.4 is 5.73 Å². The monoisotopic (exact) mass is 236 g/mol. The summed E-state index contributed by atoms with van der Waals surface area (Å²) in [6, 6.07) is 0. The predicted octanol–water partition coefficient (Wildman–Crippen LogP) is 0.361. The molecule has 0 saturated carbocycles. The molecule has 2 aromatic rings. The van der Waals surface area contributed by atoms with Gasteiger partial charge in [-0.2, -0.15) is 5.06 Å². The van der Waals surface area contributed by atoms with E-state index in [1.54, 1.807) is 13.4 Å². The van der Waals surface area contributed by atoms with E-state index >= 15 is 0 Å². The third kappa shape index (κ3) is 2.51. The SMILES string of the molecule is CCN(CCc1nc(N)c2[nH]cnc2n1)OC. The molecule has 0 fully saturated rings. The number of H-pyrrole nitrogens is 1. The highest BCUT2D eigenvalue weighted by atomic mass is 16.7. The fourth-order valence-corrected chi connectivity index (χ4v) is 1.62. The molecule has 17 heavy (non-hydrogen) atoms. The van der Waals surface area contributed by atoms with Crippen LogP contribution in [0.5, 0.6) is 0 Å². The number of aromatic amines is 1. The molecule has 0 saturated heterocycles. The highest BCUT2D eigenvalue weighted by molar-refractivity contribution is 5.80. The largest absolute Gasteiger partial charge is 0.382 e. The summed E-state index contributed by atoms with van der Waals surface area (Å²) >= 11 is 0. The quantitative estimate of drug-likeness (QED) is 0.728. The molecule has 0 radical (unpaired) electrons. The van der Waals surface area contributed by atoms with Gasteiger partial charge in [0.2, 0.25) is 0 Å². The molecule has 2 aromatic heterocycles. The van der Waals surface area contributed by atoms with E-state index in [0.29, 0.717) is 29.2 Å². The van der Waals surface area contributed by atoms with Gasteiger partial charge in [-0.25, -0.2) is 15.0 Å². The minimum absolute atomic E-state index is 0.433. The summed E-state index contributed by atoms with van der Waals surface area (Å²) in [6.07, 6.45) is 2.24. The van der Waals surface area contributed by atoms with Crippen molar-refractivity contribution in [1.82, 2.24) is 25.0 Å². The molecule has 0 spiro atoms. The van der Waals surface area contributed by atoms with Crippen molar-refractivity contribution in [3.05, 3.63) is 12.2 Å². The van der Waals surface area contributed by atoms with Crippen molar-refractivity contribution in [3.8, 4) is 0 Å². The second-order valence-corrected chi connectivity index (χ2v) is 3.58. The number of nitrogens with zero attached hydrogens (tertiary/aromatic N) is 4. The number of aromatic nitrogens is 4. The van der Waals surface area contributed by atoms with Crippen molar-refractivity contribution in [2.75, 3.05) is 25.9 Å². The summed E-state index contributed by atoms with van der Waals surface area (Å²) in [7, 11) is 1.65. The predicted molar refractivity (Wildman–Crippen MR) is 64.1 cm³/mol. The Hall–Kier alpha value is -1.73. The van der Waals surface area contributed by atoms with Gasteiger partial charge in [-0.15, -0.1) is 0 Å². The Kier molecular flexibility index (Phi) is 3.50. The first kappa shape index (κ1) is 11.7. The highest BCUT2D eigenvalue weighted by Crippen LogP contribution is 2.13. The first-order valence-corrected chi connectivity index (χ1v) is 5.49. The van der Waals surface area contributed by atoms with Gasteiger partial charge in [0.25, 0.3) is 0 Å². The van der Waals surface area contributed by atoms with Gasteiger partial charge in [-0.1, -0.05) is 6.92 Å². The van der Waals surface area contributed by atoms with Crippen LogP contribution in [0, 0.1) is 0 Å². The number of nitrogens with two attached hydrogens (primary N) is 1. The van der Waals surface area contributed by atoms with Gasteiger partial charge in [-0.3, -0.25) is 0 Å². The lowest BCUT2D eigenvalue weighted by Gasteiger charge is -2.16. The van der Waals surface area contributed by atoms with E-state index in [-0.39, 0.29) is 0 Å². The zero-order valence-electron chi connectivity index (χ0n) is 9.97. The fraction of sp³-hybridized carbons (Fsp3) is 0.500. The second kappa shape index (κ2) is 5.07. The van der Waals surface area contributed by atoms with Crippen molar-refractivity contribution in [2.24, 2.45) is 0 Å². The summed E-state index contributed by atoms with van der Waals surface area (Å²) < 4.78 is 0. The summed E-state index contributed by atoms with van der Waals surface area (Å²) in [4.78, 5) is 20.7. The van der Waals surface area contributed by atoms with Crippen LogP contribution in [-0.4, -0.2) is 45.2 Å². The van der Waals surface area contributed by atoms with Gasteiger partial charge in [0.1, 0.15) is 11.3 Å². The Morgan fingerprint density at radius 3 is 3.00 bits per heavy atom. The summed E-state index contributed by atoms with van der Waals surface area (Å²) in [5, 5.41) is 1.83. The molecule has 7 heteroatoms. The van der Waals surface area contributed by atoms with Gasteiger partial charge in [0.05, 0.1) is 13.4 Å². The smallest absolute Gasteiger partial charge is 0.183 e. The molecule has 0 aliphatic carbocycles. The van der Waals surface area contributed by atoms with E-state index in [4.69, 9.17) is 10.6 Å². The minimum atomic E-state index is 0.433. The summed E-state index contributed by atoms with van der Waals surface area (Å²) in [5.74, 6) is 1.11. The molecule has 2 rings (SSSR count). The third-order valence-electron chi connectivity index (χ3n) is 2.56. The number of imidazole rings is 1. The molecule has 7 nitrogen and oxygen atoms in total. The van der Waals surface area contributed by atoms with Crippen LogP contribution in [0.4, 0.5) is 5.82 Å².